The first-order valence-corrected chi connectivity index (χ1v) is 10.3. The van der Waals surface area contributed by atoms with Gasteiger partial charge in [0.15, 0.2) is 0 Å². The van der Waals surface area contributed by atoms with Crippen LogP contribution in [0.25, 0.3) is 48.3 Å². The van der Waals surface area contributed by atoms with Crippen molar-refractivity contribution in [1.29, 1.82) is 0 Å². The molecule has 0 fully saturated rings. The third kappa shape index (κ3) is 2.63. The van der Waals surface area contributed by atoms with E-state index in [4.69, 9.17) is 0 Å². The highest BCUT2D eigenvalue weighted by molar-refractivity contribution is 7.21. The van der Waals surface area contributed by atoms with Crippen molar-refractivity contribution in [1.82, 2.24) is 9.55 Å². The van der Waals surface area contributed by atoms with E-state index in [1.165, 1.54) is 34.2 Å². The number of hydrogen-bond donors (Lipinski definition) is 0. The molecule has 0 saturated carbocycles. The van der Waals surface area contributed by atoms with Crippen LogP contribution in [0.1, 0.15) is 0 Å². The average molecular weight is 412 g/mol. The number of hydrogen-bond acceptors (Lipinski definition) is 2. The fourth-order valence-electron chi connectivity index (χ4n) is 4.06. The van der Waals surface area contributed by atoms with Gasteiger partial charge in [-0.25, -0.2) is 13.8 Å². The van der Waals surface area contributed by atoms with Crippen LogP contribution in [0.4, 0.5) is 8.78 Å². The van der Waals surface area contributed by atoms with Crippen LogP contribution in [0.5, 0.6) is 0 Å². The molecule has 6 rings (SSSR count). The largest absolute Gasteiger partial charge is 0.309 e. The molecule has 0 aliphatic carbocycles. The summed E-state index contributed by atoms with van der Waals surface area (Å²) < 4.78 is 30.5. The number of para-hydroxylation sites is 2. The zero-order valence-electron chi connectivity index (χ0n) is 15.6. The summed E-state index contributed by atoms with van der Waals surface area (Å²) in [5.41, 5.74) is 4.51. The Hall–Kier alpha value is -3.57. The maximum atomic E-state index is 13.6. The molecule has 2 aromatic heterocycles. The van der Waals surface area contributed by atoms with Crippen molar-refractivity contribution in [2.75, 3.05) is 0 Å². The molecule has 0 radical (unpaired) electrons. The number of benzene rings is 4. The van der Waals surface area contributed by atoms with Crippen molar-refractivity contribution in [3.8, 4) is 16.3 Å². The summed E-state index contributed by atoms with van der Waals surface area (Å²) in [4.78, 5) is 4.67. The zero-order valence-corrected chi connectivity index (χ0v) is 16.5. The van der Waals surface area contributed by atoms with Gasteiger partial charge in [-0.3, -0.25) is 0 Å². The predicted molar refractivity (Wildman–Crippen MR) is 119 cm³/mol. The summed E-state index contributed by atoms with van der Waals surface area (Å²) in [6.45, 7) is 0. The normalized spacial score (nSPS) is 11.7. The zero-order chi connectivity index (χ0) is 20.2. The third-order valence-electron chi connectivity index (χ3n) is 5.32. The van der Waals surface area contributed by atoms with Crippen molar-refractivity contribution in [2.45, 2.75) is 0 Å². The Morgan fingerprint density at radius 1 is 0.700 bits per heavy atom. The monoisotopic (exact) mass is 412 g/mol. The SMILES string of the molecule is Fc1cc(F)cc(-c2nc3cc(-n4c5ccccc5c5ccccc54)ccc3s2)c1. The van der Waals surface area contributed by atoms with Gasteiger partial charge >= 0.3 is 0 Å². The van der Waals surface area contributed by atoms with Gasteiger partial charge in [0, 0.05) is 28.1 Å². The first-order valence-electron chi connectivity index (χ1n) is 9.53. The second-order valence-corrected chi connectivity index (χ2v) is 8.23. The van der Waals surface area contributed by atoms with Crippen molar-refractivity contribution in [3.05, 3.63) is 96.6 Å². The molecule has 0 spiro atoms. The molecule has 2 nitrogen and oxygen atoms in total. The lowest BCUT2D eigenvalue weighted by Crippen LogP contribution is -1.93. The van der Waals surface area contributed by atoms with Crippen LogP contribution >= 0.6 is 11.3 Å². The van der Waals surface area contributed by atoms with Crippen molar-refractivity contribution < 1.29 is 8.78 Å². The van der Waals surface area contributed by atoms with Gasteiger partial charge < -0.3 is 4.57 Å². The molecule has 0 bridgehead atoms. The minimum Gasteiger partial charge on any atom is -0.309 e. The molecule has 0 atom stereocenters. The summed E-state index contributed by atoms with van der Waals surface area (Å²) in [5.74, 6) is -1.20. The molecule has 0 N–H and O–H groups in total. The van der Waals surface area contributed by atoms with Gasteiger partial charge in [0.1, 0.15) is 16.6 Å². The third-order valence-corrected chi connectivity index (χ3v) is 6.40. The smallest absolute Gasteiger partial charge is 0.126 e. The molecule has 4 aromatic carbocycles. The Balaban J connectivity index is 1.57. The Morgan fingerprint density at radius 3 is 2.00 bits per heavy atom. The van der Waals surface area contributed by atoms with E-state index in [1.54, 1.807) is 0 Å². The highest BCUT2D eigenvalue weighted by atomic mass is 32.1. The van der Waals surface area contributed by atoms with Crippen LogP contribution < -0.4 is 0 Å². The molecule has 0 aliphatic heterocycles. The molecule has 0 aliphatic rings. The van der Waals surface area contributed by atoms with Crippen molar-refractivity contribution >= 4 is 43.4 Å². The van der Waals surface area contributed by atoms with Crippen LogP contribution in [-0.4, -0.2) is 9.55 Å². The van der Waals surface area contributed by atoms with Gasteiger partial charge in [-0.05, 0) is 42.5 Å². The lowest BCUT2D eigenvalue weighted by molar-refractivity contribution is 0.584. The summed E-state index contributed by atoms with van der Waals surface area (Å²) in [5, 5.41) is 2.99. The summed E-state index contributed by atoms with van der Waals surface area (Å²) in [6, 6.07) is 26.3. The van der Waals surface area contributed by atoms with Crippen molar-refractivity contribution in [3.63, 3.8) is 0 Å². The first-order chi connectivity index (χ1) is 14.7. The van der Waals surface area contributed by atoms with Gasteiger partial charge in [-0.2, -0.15) is 0 Å². The molecular formula is C25H14F2N2S. The minimum absolute atomic E-state index is 0.451. The first kappa shape index (κ1) is 17.3. The molecule has 30 heavy (non-hydrogen) atoms. The van der Waals surface area contributed by atoms with E-state index in [-0.39, 0.29) is 0 Å². The van der Waals surface area contributed by atoms with Crippen LogP contribution in [-0.2, 0) is 0 Å². The van der Waals surface area contributed by atoms with Crippen molar-refractivity contribution in [2.24, 2.45) is 0 Å². The van der Waals surface area contributed by atoms with E-state index in [2.05, 4.69) is 39.9 Å². The Kier molecular flexibility index (Phi) is 3.73. The number of aromatic nitrogens is 2. The van der Waals surface area contributed by atoms with Crippen LogP contribution in [0.3, 0.4) is 0 Å². The fourth-order valence-corrected chi connectivity index (χ4v) is 4.99. The molecule has 0 amide bonds. The molecular weight excluding hydrogens is 398 g/mol. The molecule has 0 saturated heterocycles. The molecule has 144 valence electrons. The van der Waals surface area contributed by atoms with Gasteiger partial charge in [0.2, 0.25) is 0 Å². The van der Waals surface area contributed by atoms with Gasteiger partial charge in [0.25, 0.3) is 0 Å². The second kappa shape index (κ2) is 6.47. The Labute approximate surface area is 174 Å². The van der Waals surface area contributed by atoms with E-state index in [0.29, 0.717) is 10.6 Å². The number of thiazole rings is 1. The molecule has 2 heterocycles. The summed E-state index contributed by atoms with van der Waals surface area (Å²) >= 11 is 1.43. The van der Waals surface area contributed by atoms with Gasteiger partial charge in [-0.1, -0.05) is 36.4 Å². The highest BCUT2D eigenvalue weighted by Gasteiger charge is 2.14. The van der Waals surface area contributed by atoms with E-state index in [1.807, 2.05) is 36.4 Å². The number of halogens is 2. The number of nitrogens with zero attached hydrogens (tertiary/aromatic N) is 2. The maximum absolute atomic E-state index is 13.6. The molecule has 0 unspecified atom stereocenters. The lowest BCUT2D eigenvalue weighted by Gasteiger charge is -2.07. The summed E-state index contributed by atoms with van der Waals surface area (Å²) in [6.07, 6.45) is 0. The number of rotatable bonds is 2. The summed E-state index contributed by atoms with van der Waals surface area (Å²) in [7, 11) is 0. The quantitative estimate of drug-likeness (QED) is 0.291. The van der Waals surface area contributed by atoms with Gasteiger partial charge in [-0.15, -0.1) is 11.3 Å². The lowest BCUT2D eigenvalue weighted by atomic mass is 10.2. The van der Waals surface area contributed by atoms with E-state index in [9.17, 15) is 8.78 Å². The predicted octanol–water partition coefficient (Wildman–Crippen LogP) is 7.34. The fraction of sp³-hybridized carbons (Fsp3) is 0. The maximum Gasteiger partial charge on any atom is 0.126 e. The standard InChI is InChI=1S/C25H14F2N2S/c26-16-11-15(12-17(27)13-16)25-28-21-14-18(9-10-24(21)30-25)29-22-7-3-1-5-19(22)20-6-2-4-8-23(20)29/h1-14H. The van der Waals surface area contributed by atoms with E-state index >= 15 is 0 Å². The second-order valence-electron chi connectivity index (χ2n) is 7.20. The van der Waals surface area contributed by atoms with Crippen LogP contribution in [0, 0.1) is 11.6 Å². The highest BCUT2D eigenvalue weighted by Crippen LogP contribution is 2.35. The molecule has 5 heteroatoms. The Bertz CT molecular complexity index is 1510. The minimum atomic E-state index is -0.602. The molecule has 6 aromatic rings. The van der Waals surface area contributed by atoms with Gasteiger partial charge in [0.05, 0.1) is 21.3 Å². The topological polar surface area (TPSA) is 17.8 Å². The average Bonchev–Trinajstić information content (AvgIpc) is 3.32. The Morgan fingerprint density at radius 2 is 1.33 bits per heavy atom. The van der Waals surface area contributed by atoms with E-state index in [0.717, 1.165) is 33.0 Å². The number of fused-ring (bicyclic) bond motifs is 4. The van der Waals surface area contributed by atoms with Crippen LogP contribution in [0.15, 0.2) is 84.9 Å². The van der Waals surface area contributed by atoms with E-state index < -0.39 is 11.6 Å². The van der Waals surface area contributed by atoms with Crippen LogP contribution in [0.2, 0.25) is 0 Å².